The van der Waals surface area contributed by atoms with Crippen molar-refractivity contribution in [3.05, 3.63) is 71.8 Å². The number of anilines is 1. The SMILES string of the molecule is CCOC(=O)/C=C/c1ccc(NC(=O)CN[C@H](c2ccccc2)C(C)C)cc1. The number of benzene rings is 2. The Kier molecular flexibility index (Phi) is 8.43. The Labute approximate surface area is 166 Å². The molecule has 0 unspecified atom stereocenters. The first-order valence-electron chi connectivity index (χ1n) is 9.52. The lowest BCUT2D eigenvalue weighted by Crippen LogP contribution is -2.33. The summed E-state index contributed by atoms with van der Waals surface area (Å²) in [5.74, 6) is -0.110. The van der Waals surface area contributed by atoms with Crippen LogP contribution in [0.25, 0.3) is 6.08 Å². The largest absolute Gasteiger partial charge is 0.463 e. The predicted octanol–water partition coefficient (Wildman–Crippen LogP) is 4.19. The van der Waals surface area contributed by atoms with E-state index in [-0.39, 0.29) is 24.5 Å². The molecule has 28 heavy (non-hydrogen) atoms. The summed E-state index contributed by atoms with van der Waals surface area (Å²) in [4.78, 5) is 23.6. The maximum absolute atomic E-state index is 12.3. The molecule has 2 aromatic carbocycles. The van der Waals surface area contributed by atoms with Crippen molar-refractivity contribution in [2.24, 2.45) is 5.92 Å². The minimum absolute atomic E-state index is 0.101. The number of nitrogens with one attached hydrogen (secondary N) is 2. The van der Waals surface area contributed by atoms with Gasteiger partial charge in [-0.2, -0.15) is 0 Å². The second-order valence-electron chi connectivity index (χ2n) is 6.77. The Bertz CT molecular complexity index is 783. The Morgan fingerprint density at radius 3 is 2.32 bits per heavy atom. The van der Waals surface area contributed by atoms with Crippen LogP contribution in [0.15, 0.2) is 60.7 Å². The zero-order valence-electron chi connectivity index (χ0n) is 16.6. The molecule has 0 aliphatic carbocycles. The molecule has 0 fully saturated rings. The Balaban J connectivity index is 1.88. The van der Waals surface area contributed by atoms with Crippen molar-refractivity contribution in [2.75, 3.05) is 18.5 Å². The second kappa shape index (κ2) is 11.0. The van der Waals surface area contributed by atoms with E-state index in [1.54, 1.807) is 25.1 Å². The summed E-state index contributed by atoms with van der Waals surface area (Å²) in [7, 11) is 0. The van der Waals surface area contributed by atoms with E-state index in [9.17, 15) is 9.59 Å². The number of carbonyl (C=O) groups excluding carboxylic acids is 2. The molecule has 0 saturated heterocycles. The highest BCUT2D eigenvalue weighted by Gasteiger charge is 2.16. The molecule has 0 heterocycles. The van der Waals surface area contributed by atoms with Crippen LogP contribution in [0, 0.1) is 5.92 Å². The highest BCUT2D eigenvalue weighted by Crippen LogP contribution is 2.21. The molecular formula is C23H28N2O3. The van der Waals surface area contributed by atoms with Gasteiger partial charge >= 0.3 is 5.97 Å². The molecule has 2 rings (SSSR count). The zero-order valence-corrected chi connectivity index (χ0v) is 16.6. The number of rotatable bonds is 9. The molecular weight excluding hydrogens is 352 g/mol. The van der Waals surface area contributed by atoms with E-state index in [0.717, 1.165) is 5.56 Å². The summed E-state index contributed by atoms with van der Waals surface area (Å²) in [6, 6.07) is 17.5. The molecule has 2 aromatic rings. The molecule has 5 heteroatoms. The molecule has 1 amide bonds. The monoisotopic (exact) mass is 380 g/mol. The lowest BCUT2D eigenvalue weighted by molar-refractivity contribution is -0.137. The molecule has 148 valence electrons. The van der Waals surface area contributed by atoms with Crippen LogP contribution in [-0.4, -0.2) is 25.0 Å². The summed E-state index contributed by atoms with van der Waals surface area (Å²) >= 11 is 0. The van der Waals surface area contributed by atoms with Crippen LogP contribution in [0.5, 0.6) is 0 Å². The third kappa shape index (κ3) is 7.00. The van der Waals surface area contributed by atoms with Gasteiger partial charge in [0, 0.05) is 17.8 Å². The number of amides is 1. The smallest absolute Gasteiger partial charge is 0.330 e. The average molecular weight is 380 g/mol. The second-order valence-corrected chi connectivity index (χ2v) is 6.77. The number of carbonyl (C=O) groups is 2. The van der Waals surface area contributed by atoms with Crippen molar-refractivity contribution >= 4 is 23.6 Å². The van der Waals surface area contributed by atoms with Gasteiger partial charge in [0.25, 0.3) is 0 Å². The predicted molar refractivity (Wildman–Crippen MR) is 113 cm³/mol. The molecule has 0 aliphatic heterocycles. The van der Waals surface area contributed by atoms with Gasteiger partial charge in [0.1, 0.15) is 0 Å². The molecule has 0 bridgehead atoms. The quantitative estimate of drug-likeness (QED) is 0.506. The Hall–Kier alpha value is -2.92. The van der Waals surface area contributed by atoms with Crippen LogP contribution in [0.1, 0.15) is 37.9 Å². The van der Waals surface area contributed by atoms with Gasteiger partial charge < -0.3 is 15.4 Å². The molecule has 2 N–H and O–H groups in total. The topological polar surface area (TPSA) is 67.4 Å². The van der Waals surface area contributed by atoms with E-state index in [1.165, 1.54) is 11.6 Å². The first-order valence-corrected chi connectivity index (χ1v) is 9.52. The van der Waals surface area contributed by atoms with Gasteiger partial charge in [-0.25, -0.2) is 4.79 Å². The molecule has 0 aliphatic rings. The van der Waals surface area contributed by atoms with E-state index in [1.807, 2.05) is 30.3 Å². The van der Waals surface area contributed by atoms with Gasteiger partial charge in [-0.1, -0.05) is 56.3 Å². The molecule has 1 atom stereocenters. The van der Waals surface area contributed by atoms with Crippen molar-refractivity contribution in [1.29, 1.82) is 0 Å². The number of esters is 1. The van der Waals surface area contributed by atoms with E-state index in [4.69, 9.17) is 4.74 Å². The molecule has 0 spiro atoms. The zero-order chi connectivity index (χ0) is 20.4. The number of hydrogen-bond acceptors (Lipinski definition) is 4. The van der Waals surface area contributed by atoms with Gasteiger partial charge in [0.05, 0.1) is 13.2 Å². The van der Waals surface area contributed by atoms with Crippen LogP contribution in [-0.2, 0) is 14.3 Å². The third-order valence-corrected chi connectivity index (χ3v) is 4.20. The normalized spacial score (nSPS) is 12.1. The van der Waals surface area contributed by atoms with Crippen LogP contribution >= 0.6 is 0 Å². The van der Waals surface area contributed by atoms with Crippen molar-refractivity contribution in [2.45, 2.75) is 26.8 Å². The highest BCUT2D eigenvalue weighted by molar-refractivity contribution is 5.92. The fourth-order valence-electron chi connectivity index (χ4n) is 2.84. The molecule has 0 aromatic heterocycles. The van der Waals surface area contributed by atoms with E-state index < -0.39 is 0 Å². The summed E-state index contributed by atoms with van der Waals surface area (Å²) in [5.41, 5.74) is 2.73. The van der Waals surface area contributed by atoms with Crippen LogP contribution in [0.4, 0.5) is 5.69 Å². The van der Waals surface area contributed by atoms with E-state index in [2.05, 4.69) is 36.6 Å². The first-order chi connectivity index (χ1) is 13.5. The van der Waals surface area contributed by atoms with Crippen molar-refractivity contribution < 1.29 is 14.3 Å². The minimum atomic E-state index is -0.371. The van der Waals surface area contributed by atoms with Crippen molar-refractivity contribution in [1.82, 2.24) is 5.32 Å². The maximum atomic E-state index is 12.3. The fourth-order valence-corrected chi connectivity index (χ4v) is 2.84. The van der Waals surface area contributed by atoms with Gasteiger partial charge in [-0.3, -0.25) is 4.79 Å². The number of ether oxygens (including phenoxy) is 1. The van der Waals surface area contributed by atoms with Gasteiger partial charge in [0.15, 0.2) is 0 Å². The Morgan fingerprint density at radius 2 is 1.71 bits per heavy atom. The minimum Gasteiger partial charge on any atom is -0.463 e. The van der Waals surface area contributed by atoms with Gasteiger partial charge in [-0.15, -0.1) is 0 Å². The Morgan fingerprint density at radius 1 is 1.04 bits per heavy atom. The van der Waals surface area contributed by atoms with Crippen molar-refractivity contribution in [3.63, 3.8) is 0 Å². The lowest BCUT2D eigenvalue weighted by atomic mass is 9.96. The summed E-state index contributed by atoms with van der Waals surface area (Å²) in [6.07, 6.45) is 3.06. The molecule has 0 saturated carbocycles. The average Bonchev–Trinajstić information content (AvgIpc) is 2.68. The van der Waals surface area contributed by atoms with E-state index in [0.29, 0.717) is 18.2 Å². The fraction of sp³-hybridized carbons (Fsp3) is 0.304. The number of hydrogen-bond donors (Lipinski definition) is 2. The van der Waals surface area contributed by atoms with Crippen LogP contribution < -0.4 is 10.6 Å². The molecule has 0 radical (unpaired) electrons. The summed E-state index contributed by atoms with van der Waals surface area (Å²) < 4.78 is 4.85. The molecule has 5 nitrogen and oxygen atoms in total. The first kappa shape index (κ1) is 21.4. The van der Waals surface area contributed by atoms with Crippen LogP contribution in [0.2, 0.25) is 0 Å². The summed E-state index contributed by atoms with van der Waals surface area (Å²) in [6.45, 7) is 6.60. The summed E-state index contributed by atoms with van der Waals surface area (Å²) in [5, 5.41) is 6.22. The lowest BCUT2D eigenvalue weighted by Gasteiger charge is -2.22. The van der Waals surface area contributed by atoms with Crippen LogP contribution in [0.3, 0.4) is 0 Å². The van der Waals surface area contributed by atoms with Gasteiger partial charge in [-0.05, 0) is 42.2 Å². The maximum Gasteiger partial charge on any atom is 0.330 e. The third-order valence-electron chi connectivity index (χ3n) is 4.20. The van der Waals surface area contributed by atoms with Crippen molar-refractivity contribution in [3.8, 4) is 0 Å². The standard InChI is InChI=1S/C23H28N2O3/c1-4-28-22(27)15-12-18-10-13-20(14-11-18)25-21(26)16-24-23(17(2)3)19-8-6-5-7-9-19/h5-15,17,23-24H,4,16H2,1-3H3,(H,25,26)/b15-12+/t23-/m0/s1. The van der Waals surface area contributed by atoms with Gasteiger partial charge in [0.2, 0.25) is 5.91 Å². The highest BCUT2D eigenvalue weighted by atomic mass is 16.5. The van der Waals surface area contributed by atoms with E-state index >= 15 is 0 Å².